The van der Waals surface area contributed by atoms with E-state index < -0.39 is 0 Å². The van der Waals surface area contributed by atoms with E-state index in [-0.39, 0.29) is 11.9 Å². The average molecular weight is 303 g/mol. The van der Waals surface area contributed by atoms with Crippen LogP contribution in [0, 0.1) is 0 Å². The Labute approximate surface area is 127 Å². The molecule has 0 spiro atoms. The number of thiophene rings is 1. The molecule has 0 saturated carbocycles. The highest BCUT2D eigenvalue weighted by Crippen LogP contribution is 2.32. The van der Waals surface area contributed by atoms with Gasteiger partial charge in [0.25, 0.3) is 0 Å². The van der Waals surface area contributed by atoms with Crippen molar-refractivity contribution in [2.45, 2.75) is 19.4 Å². The Kier molecular flexibility index (Phi) is 4.10. The third-order valence-corrected chi connectivity index (χ3v) is 4.24. The van der Waals surface area contributed by atoms with Crippen molar-refractivity contribution in [2.24, 2.45) is 0 Å². The highest BCUT2D eigenvalue weighted by atomic mass is 32.1. The van der Waals surface area contributed by atoms with Gasteiger partial charge < -0.3 is 14.8 Å². The van der Waals surface area contributed by atoms with E-state index in [1.807, 2.05) is 42.6 Å². The predicted molar refractivity (Wildman–Crippen MR) is 82.0 cm³/mol. The van der Waals surface area contributed by atoms with E-state index >= 15 is 0 Å². The third kappa shape index (κ3) is 3.36. The molecule has 0 bridgehead atoms. The van der Waals surface area contributed by atoms with Gasteiger partial charge >= 0.3 is 0 Å². The standard InChI is InChI=1S/C16H17NO3S/c1-11(17-16(18)10-13-3-2-8-21-13)12-4-5-14-15(9-12)20-7-6-19-14/h2-5,8-9,11H,6-7,10H2,1H3,(H,17,18)/t11-/m1/s1. The van der Waals surface area contributed by atoms with Crippen molar-refractivity contribution >= 4 is 17.2 Å². The quantitative estimate of drug-likeness (QED) is 0.944. The van der Waals surface area contributed by atoms with Crippen LogP contribution in [0.2, 0.25) is 0 Å². The summed E-state index contributed by atoms with van der Waals surface area (Å²) in [6.45, 7) is 3.12. The number of fused-ring (bicyclic) bond motifs is 1. The summed E-state index contributed by atoms with van der Waals surface area (Å²) in [5, 5.41) is 4.99. The van der Waals surface area contributed by atoms with E-state index in [1.54, 1.807) is 11.3 Å². The second kappa shape index (κ2) is 6.18. The van der Waals surface area contributed by atoms with Gasteiger partial charge in [-0.2, -0.15) is 0 Å². The highest BCUT2D eigenvalue weighted by molar-refractivity contribution is 7.10. The van der Waals surface area contributed by atoms with E-state index in [2.05, 4.69) is 5.32 Å². The fourth-order valence-electron chi connectivity index (χ4n) is 2.28. The van der Waals surface area contributed by atoms with E-state index in [1.165, 1.54) is 0 Å². The second-order valence-electron chi connectivity index (χ2n) is 4.95. The molecule has 0 saturated heterocycles. The molecule has 1 atom stereocenters. The molecule has 1 aromatic carbocycles. The maximum absolute atomic E-state index is 12.0. The van der Waals surface area contributed by atoms with Gasteiger partial charge in [0.1, 0.15) is 13.2 Å². The van der Waals surface area contributed by atoms with Crippen molar-refractivity contribution in [2.75, 3.05) is 13.2 Å². The van der Waals surface area contributed by atoms with Crippen LogP contribution in [0.25, 0.3) is 0 Å². The maximum Gasteiger partial charge on any atom is 0.225 e. The van der Waals surface area contributed by atoms with Gasteiger partial charge in [-0.1, -0.05) is 12.1 Å². The first kappa shape index (κ1) is 13.9. The minimum absolute atomic E-state index is 0.0276. The molecule has 2 heterocycles. The zero-order valence-corrected chi connectivity index (χ0v) is 12.6. The van der Waals surface area contributed by atoms with Gasteiger partial charge in [0, 0.05) is 4.88 Å². The zero-order valence-electron chi connectivity index (χ0n) is 11.8. The van der Waals surface area contributed by atoms with Gasteiger partial charge in [0.15, 0.2) is 11.5 Å². The molecule has 1 aromatic heterocycles. The summed E-state index contributed by atoms with van der Waals surface area (Å²) in [6.07, 6.45) is 0.423. The summed E-state index contributed by atoms with van der Waals surface area (Å²) in [5.41, 5.74) is 1.01. The minimum Gasteiger partial charge on any atom is -0.486 e. The lowest BCUT2D eigenvalue weighted by Crippen LogP contribution is -2.28. The Bertz CT molecular complexity index is 624. The number of carbonyl (C=O) groups excluding carboxylic acids is 1. The largest absolute Gasteiger partial charge is 0.486 e. The molecule has 0 radical (unpaired) electrons. The molecule has 110 valence electrons. The van der Waals surface area contributed by atoms with Crippen molar-refractivity contribution in [1.29, 1.82) is 0 Å². The molecule has 3 rings (SSSR count). The lowest BCUT2D eigenvalue weighted by Gasteiger charge is -2.21. The Morgan fingerprint density at radius 3 is 2.86 bits per heavy atom. The lowest BCUT2D eigenvalue weighted by atomic mass is 10.1. The second-order valence-corrected chi connectivity index (χ2v) is 5.98. The smallest absolute Gasteiger partial charge is 0.225 e. The van der Waals surface area contributed by atoms with Crippen molar-refractivity contribution in [3.05, 3.63) is 46.2 Å². The van der Waals surface area contributed by atoms with Crippen LogP contribution in [-0.2, 0) is 11.2 Å². The summed E-state index contributed by atoms with van der Waals surface area (Å²) < 4.78 is 11.1. The van der Waals surface area contributed by atoms with Gasteiger partial charge in [-0.05, 0) is 36.1 Å². The number of carbonyl (C=O) groups is 1. The van der Waals surface area contributed by atoms with Crippen LogP contribution in [0.15, 0.2) is 35.7 Å². The summed E-state index contributed by atoms with van der Waals surface area (Å²) >= 11 is 1.60. The zero-order chi connectivity index (χ0) is 14.7. The van der Waals surface area contributed by atoms with Crippen molar-refractivity contribution in [1.82, 2.24) is 5.32 Å². The lowest BCUT2D eigenvalue weighted by molar-refractivity contribution is -0.121. The number of nitrogens with one attached hydrogen (secondary N) is 1. The fraction of sp³-hybridized carbons (Fsp3) is 0.312. The number of benzene rings is 1. The summed E-state index contributed by atoms with van der Waals surface area (Å²) in [6, 6.07) is 9.66. The number of rotatable bonds is 4. The Morgan fingerprint density at radius 2 is 2.10 bits per heavy atom. The molecule has 0 fully saturated rings. The summed E-state index contributed by atoms with van der Waals surface area (Å²) in [7, 11) is 0. The van der Waals surface area contributed by atoms with Crippen LogP contribution >= 0.6 is 11.3 Å². The van der Waals surface area contributed by atoms with Gasteiger partial charge in [-0.3, -0.25) is 4.79 Å². The monoisotopic (exact) mass is 303 g/mol. The fourth-order valence-corrected chi connectivity index (χ4v) is 2.98. The third-order valence-electron chi connectivity index (χ3n) is 3.36. The number of hydrogen-bond acceptors (Lipinski definition) is 4. The summed E-state index contributed by atoms with van der Waals surface area (Å²) in [5.74, 6) is 1.54. The normalized spacial score (nSPS) is 14.5. The molecule has 1 amide bonds. The van der Waals surface area contributed by atoms with E-state index in [9.17, 15) is 4.79 Å². The van der Waals surface area contributed by atoms with E-state index in [0.717, 1.165) is 21.9 Å². The first-order valence-corrected chi connectivity index (χ1v) is 7.81. The average Bonchev–Trinajstić information content (AvgIpc) is 2.99. The molecule has 1 N–H and O–H groups in total. The van der Waals surface area contributed by atoms with Crippen LogP contribution in [0.3, 0.4) is 0 Å². The Morgan fingerprint density at radius 1 is 1.29 bits per heavy atom. The predicted octanol–water partition coefficient (Wildman–Crippen LogP) is 2.94. The van der Waals surface area contributed by atoms with Crippen molar-refractivity contribution in [3.63, 3.8) is 0 Å². The number of amides is 1. The minimum atomic E-state index is -0.0618. The van der Waals surface area contributed by atoms with Gasteiger partial charge in [-0.25, -0.2) is 0 Å². The molecule has 21 heavy (non-hydrogen) atoms. The highest BCUT2D eigenvalue weighted by Gasteiger charge is 2.16. The van der Waals surface area contributed by atoms with Gasteiger partial charge in [0.2, 0.25) is 5.91 Å². The molecule has 2 aromatic rings. The number of ether oxygens (including phenoxy) is 2. The summed E-state index contributed by atoms with van der Waals surface area (Å²) in [4.78, 5) is 13.1. The number of hydrogen-bond donors (Lipinski definition) is 1. The maximum atomic E-state index is 12.0. The van der Waals surface area contributed by atoms with Crippen molar-refractivity contribution < 1.29 is 14.3 Å². The van der Waals surface area contributed by atoms with Gasteiger partial charge in [-0.15, -0.1) is 11.3 Å². The molecule has 0 unspecified atom stereocenters. The van der Waals surface area contributed by atoms with Crippen LogP contribution < -0.4 is 14.8 Å². The van der Waals surface area contributed by atoms with Crippen LogP contribution in [0.1, 0.15) is 23.4 Å². The molecule has 4 nitrogen and oxygen atoms in total. The van der Waals surface area contributed by atoms with E-state index in [0.29, 0.717) is 19.6 Å². The molecule has 0 aliphatic carbocycles. The van der Waals surface area contributed by atoms with Crippen LogP contribution in [-0.4, -0.2) is 19.1 Å². The molecule has 1 aliphatic rings. The van der Waals surface area contributed by atoms with E-state index in [4.69, 9.17) is 9.47 Å². The molecule has 1 aliphatic heterocycles. The Hall–Kier alpha value is -2.01. The SMILES string of the molecule is C[C@@H](NC(=O)Cc1cccs1)c1ccc2c(c1)OCCO2. The molecular weight excluding hydrogens is 286 g/mol. The Balaban J connectivity index is 1.64. The van der Waals surface area contributed by atoms with Gasteiger partial charge in [0.05, 0.1) is 12.5 Å². The topological polar surface area (TPSA) is 47.6 Å². The first-order chi connectivity index (χ1) is 10.2. The van der Waals surface area contributed by atoms with Crippen LogP contribution in [0.4, 0.5) is 0 Å². The molecule has 5 heteroatoms. The van der Waals surface area contributed by atoms with Crippen molar-refractivity contribution in [3.8, 4) is 11.5 Å². The first-order valence-electron chi connectivity index (χ1n) is 6.93. The molecular formula is C16H17NO3S. The van der Waals surface area contributed by atoms with Crippen LogP contribution in [0.5, 0.6) is 11.5 Å².